The van der Waals surface area contributed by atoms with Crippen LogP contribution in [0.2, 0.25) is 5.02 Å². The van der Waals surface area contributed by atoms with Gasteiger partial charge in [-0.05, 0) is 49.7 Å². The van der Waals surface area contributed by atoms with E-state index in [4.69, 9.17) is 16.3 Å². The van der Waals surface area contributed by atoms with Crippen molar-refractivity contribution < 1.29 is 9.13 Å². The molecule has 5 heteroatoms. The number of pyridine rings is 1. The van der Waals surface area contributed by atoms with Crippen molar-refractivity contribution >= 4 is 17.4 Å². The number of benzene rings is 1. The van der Waals surface area contributed by atoms with E-state index in [0.29, 0.717) is 16.5 Å². The van der Waals surface area contributed by atoms with Crippen LogP contribution in [0, 0.1) is 12.7 Å². The first-order valence-corrected chi connectivity index (χ1v) is 6.76. The van der Waals surface area contributed by atoms with E-state index in [0.717, 1.165) is 17.9 Å². The molecule has 1 aromatic carbocycles. The normalized spacial score (nSPS) is 10.4. The third kappa shape index (κ3) is 3.61. The predicted octanol–water partition coefficient (Wildman–Crippen LogP) is 4.19. The molecule has 0 bridgehead atoms. The summed E-state index contributed by atoms with van der Waals surface area (Å²) in [5.41, 5.74) is 1.39. The summed E-state index contributed by atoms with van der Waals surface area (Å²) in [5, 5.41) is 3.66. The van der Waals surface area contributed by atoms with Gasteiger partial charge in [-0.1, -0.05) is 11.6 Å². The van der Waals surface area contributed by atoms with Crippen molar-refractivity contribution in [3.63, 3.8) is 0 Å². The van der Waals surface area contributed by atoms with Crippen LogP contribution in [0.25, 0.3) is 0 Å². The highest BCUT2D eigenvalue weighted by Gasteiger charge is 2.07. The molecule has 0 aliphatic heterocycles. The number of aromatic nitrogens is 1. The summed E-state index contributed by atoms with van der Waals surface area (Å²) in [4.78, 5) is 4.38. The summed E-state index contributed by atoms with van der Waals surface area (Å²) in [6.45, 7) is 4.81. The molecule has 1 aromatic heterocycles. The van der Waals surface area contributed by atoms with Gasteiger partial charge in [0, 0.05) is 6.54 Å². The van der Waals surface area contributed by atoms with Gasteiger partial charge in [0.15, 0.2) is 0 Å². The Hall–Kier alpha value is -1.81. The highest BCUT2D eigenvalue weighted by atomic mass is 35.5. The van der Waals surface area contributed by atoms with Gasteiger partial charge in [0.25, 0.3) is 0 Å². The number of nitrogens with zero attached hydrogens (tertiary/aromatic N) is 1. The molecule has 0 amide bonds. The molecule has 0 unspecified atom stereocenters. The van der Waals surface area contributed by atoms with E-state index in [1.807, 2.05) is 13.0 Å². The van der Waals surface area contributed by atoms with E-state index >= 15 is 0 Å². The fraction of sp³-hybridized carbons (Fsp3) is 0.267. The molecule has 0 spiro atoms. The first-order valence-electron chi connectivity index (χ1n) is 6.38. The van der Waals surface area contributed by atoms with Crippen LogP contribution < -0.4 is 10.1 Å². The van der Waals surface area contributed by atoms with Gasteiger partial charge in [-0.3, -0.25) is 0 Å². The first-order chi connectivity index (χ1) is 9.60. The molecule has 20 heavy (non-hydrogen) atoms. The minimum atomic E-state index is -0.278. The summed E-state index contributed by atoms with van der Waals surface area (Å²) in [6.07, 6.45) is 0. The zero-order valence-electron chi connectivity index (χ0n) is 11.4. The van der Waals surface area contributed by atoms with Gasteiger partial charge in [0.2, 0.25) is 0 Å². The Morgan fingerprint density at radius 3 is 2.80 bits per heavy atom. The smallest absolute Gasteiger partial charge is 0.132 e. The van der Waals surface area contributed by atoms with E-state index in [2.05, 4.69) is 10.3 Å². The van der Waals surface area contributed by atoms with Crippen molar-refractivity contribution in [2.24, 2.45) is 0 Å². The lowest BCUT2D eigenvalue weighted by Crippen LogP contribution is -2.05. The number of hydrogen-bond acceptors (Lipinski definition) is 3. The lowest BCUT2D eigenvalue weighted by molar-refractivity contribution is 0.299. The zero-order chi connectivity index (χ0) is 14.5. The van der Waals surface area contributed by atoms with Crippen molar-refractivity contribution in [1.82, 2.24) is 4.98 Å². The maximum absolute atomic E-state index is 13.0. The molecule has 0 saturated carbocycles. The van der Waals surface area contributed by atoms with Gasteiger partial charge in [-0.2, -0.15) is 0 Å². The van der Waals surface area contributed by atoms with Crippen molar-refractivity contribution in [1.29, 1.82) is 0 Å². The van der Waals surface area contributed by atoms with Crippen LogP contribution in [0.5, 0.6) is 5.75 Å². The average Bonchev–Trinajstić information content (AvgIpc) is 2.41. The number of halogens is 2. The molecule has 2 rings (SSSR count). The molecule has 0 atom stereocenters. The molecular formula is C15H16ClFN2O. The van der Waals surface area contributed by atoms with Gasteiger partial charge in [-0.25, -0.2) is 9.37 Å². The van der Waals surface area contributed by atoms with Gasteiger partial charge < -0.3 is 10.1 Å². The van der Waals surface area contributed by atoms with Gasteiger partial charge in [0.05, 0.1) is 10.7 Å². The lowest BCUT2D eigenvalue weighted by atomic mass is 10.2. The standard InChI is InChI=1S/C15H16ClFN2O/c1-3-18-15-7-5-12(16)13(19-15)9-20-14-6-4-11(17)8-10(14)2/h4-8H,3,9H2,1-2H3,(H,18,19). The number of rotatable bonds is 5. The Kier molecular flexibility index (Phi) is 4.79. The maximum atomic E-state index is 13.0. The van der Waals surface area contributed by atoms with E-state index in [1.165, 1.54) is 12.1 Å². The predicted molar refractivity (Wildman–Crippen MR) is 78.9 cm³/mol. The van der Waals surface area contributed by atoms with Crippen LogP contribution in [0.4, 0.5) is 10.2 Å². The van der Waals surface area contributed by atoms with Crippen molar-refractivity contribution in [3.8, 4) is 5.75 Å². The minimum absolute atomic E-state index is 0.241. The van der Waals surface area contributed by atoms with Crippen LogP contribution >= 0.6 is 11.6 Å². The third-order valence-electron chi connectivity index (χ3n) is 2.78. The molecule has 0 fully saturated rings. The van der Waals surface area contributed by atoms with Gasteiger partial charge >= 0.3 is 0 Å². The van der Waals surface area contributed by atoms with E-state index in [1.54, 1.807) is 19.1 Å². The summed E-state index contributed by atoms with van der Waals surface area (Å²) >= 11 is 6.10. The fourth-order valence-electron chi connectivity index (χ4n) is 1.79. The summed E-state index contributed by atoms with van der Waals surface area (Å²) in [6, 6.07) is 8.00. The second-order valence-corrected chi connectivity index (χ2v) is 4.76. The monoisotopic (exact) mass is 294 g/mol. The lowest BCUT2D eigenvalue weighted by Gasteiger charge is -2.11. The number of hydrogen-bond donors (Lipinski definition) is 1. The Morgan fingerprint density at radius 1 is 1.30 bits per heavy atom. The Labute approximate surface area is 122 Å². The summed E-state index contributed by atoms with van der Waals surface area (Å²) in [7, 11) is 0. The Bertz CT molecular complexity index is 604. The molecule has 1 N–H and O–H groups in total. The quantitative estimate of drug-likeness (QED) is 0.897. The van der Waals surface area contributed by atoms with E-state index in [-0.39, 0.29) is 12.4 Å². The van der Waals surface area contributed by atoms with Crippen LogP contribution in [-0.2, 0) is 6.61 Å². The Morgan fingerprint density at radius 2 is 2.10 bits per heavy atom. The Balaban J connectivity index is 2.11. The highest BCUT2D eigenvalue weighted by Crippen LogP contribution is 2.22. The number of nitrogens with one attached hydrogen (secondary N) is 1. The molecule has 0 aliphatic carbocycles. The van der Waals surface area contributed by atoms with Gasteiger partial charge in [-0.15, -0.1) is 0 Å². The molecule has 2 aromatic rings. The van der Waals surface area contributed by atoms with Crippen LogP contribution in [-0.4, -0.2) is 11.5 Å². The second-order valence-electron chi connectivity index (χ2n) is 4.35. The third-order valence-corrected chi connectivity index (χ3v) is 3.12. The molecule has 106 valence electrons. The van der Waals surface area contributed by atoms with E-state index < -0.39 is 0 Å². The SMILES string of the molecule is CCNc1ccc(Cl)c(COc2ccc(F)cc2C)n1. The maximum Gasteiger partial charge on any atom is 0.132 e. The summed E-state index contributed by atoms with van der Waals surface area (Å²) < 4.78 is 18.7. The van der Waals surface area contributed by atoms with Crippen LogP contribution in [0.1, 0.15) is 18.2 Å². The van der Waals surface area contributed by atoms with Crippen LogP contribution in [0.15, 0.2) is 30.3 Å². The number of anilines is 1. The number of ether oxygens (including phenoxy) is 1. The average molecular weight is 295 g/mol. The van der Waals surface area contributed by atoms with Crippen molar-refractivity contribution in [2.45, 2.75) is 20.5 Å². The number of aryl methyl sites for hydroxylation is 1. The molecule has 1 heterocycles. The molecule has 0 aliphatic rings. The topological polar surface area (TPSA) is 34.1 Å². The molecule has 0 saturated heterocycles. The highest BCUT2D eigenvalue weighted by molar-refractivity contribution is 6.31. The first kappa shape index (κ1) is 14.6. The fourth-order valence-corrected chi connectivity index (χ4v) is 1.95. The molecule has 3 nitrogen and oxygen atoms in total. The minimum Gasteiger partial charge on any atom is -0.487 e. The van der Waals surface area contributed by atoms with Crippen LogP contribution in [0.3, 0.4) is 0 Å². The summed E-state index contributed by atoms with van der Waals surface area (Å²) in [5.74, 6) is 1.10. The van der Waals surface area contributed by atoms with Crippen molar-refractivity contribution in [3.05, 3.63) is 52.4 Å². The van der Waals surface area contributed by atoms with E-state index in [9.17, 15) is 4.39 Å². The van der Waals surface area contributed by atoms with Crippen molar-refractivity contribution in [2.75, 3.05) is 11.9 Å². The second kappa shape index (κ2) is 6.57. The van der Waals surface area contributed by atoms with Gasteiger partial charge in [0.1, 0.15) is 24.0 Å². The largest absolute Gasteiger partial charge is 0.487 e. The molecular weight excluding hydrogens is 279 g/mol. The zero-order valence-corrected chi connectivity index (χ0v) is 12.2. The molecule has 0 radical (unpaired) electrons.